The van der Waals surface area contributed by atoms with E-state index >= 15 is 0 Å². The molecule has 1 aromatic heterocycles. The molecule has 0 spiro atoms. The van der Waals surface area contributed by atoms with Gasteiger partial charge in [0.15, 0.2) is 0 Å². The summed E-state index contributed by atoms with van der Waals surface area (Å²) in [5, 5.41) is 4.22. The van der Waals surface area contributed by atoms with Gasteiger partial charge in [0.05, 0.1) is 12.3 Å². The Labute approximate surface area is 109 Å². The molecule has 1 aliphatic rings. The Hall–Kier alpha value is -0.910. The first-order valence-electron chi connectivity index (χ1n) is 6.71. The summed E-state index contributed by atoms with van der Waals surface area (Å²) in [6.45, 7) is 2.45. The van der Waals surface area contributed by atoms with Crippen LogP contribution in [0.1, 0.15) is 30.9 Å². The summed E-state index contributed by atoms with van der Waals surface area (Å²) >= 11 is 0. The van der Waals surface area contributed by atoms with Crippen LogP contribution in [0.3, 0.4) is 0 Å². The molecule has 0 aliphatic carbocycles. The third kappa shape index (κ3) is 3.31. The molecule has 18 heavy (non-hydrogen) atoms. The van der Waals surface area contributed by atoms with E-state index in [4.69, 9.17) is 10.5 Å². The molecule has 102 valence electrons. The largest absolute Gasteiger partial charge is 0.377 e. The zero-order chi connectivity index (χ0) is 13.0. The van der Waals surface area contributed by atoms with E-state index in [1.54, 1.807) is 0 Å². The zero-order valence-electron chi connectivity index (χ0n) is 11.4. The summed E-state index contributed by atoms with van der Waals surface area (Å²) in [5.74, 6) is 0. The van der Waals surface area contributed by atoms with E-state index in [-0.39, 0.29) is 6.04 Å². The molecule has 1 aliphatic heterocycles. The van der Waals surface area contributed by atoms with Crippen molar-refractivity contribution in [2.45, 2.75) is 31.4 Å². The van der Waals surface area contributed by atoms with Crippen LogP contribution in [0.2, 0.25) is 0 Å². The van der Waals surface area contributed by atoms with Crippen LogP contribution in [-0.4, -0.2) is 47.5 Å². The summed E-state index contributed by atoms with van der Waals surface area (Å²) in [4.78, 5) is 2.28. The van der Waals surface area contributed by atoms with Crippen molar-refractivity contribution in [1.82, 2.24) is 14.7 Å². The SMILES string of the molecule is CN(CC1CCCCO1)C(CN)c1cnn(C)c1. The Kier molecular flexibility index (Phi) is 4.74. The van der Waals surface area contributed by atoms with Gasteiger partial charge in [-0.25, -0.2) is 0 Å². The number of hydrogen-bond donors (Lipinski definition) is 1. The summed E-state index contributed by atoms with van der Waals surface area (Å²) < 4.78 is 7.60. The van der Waals surface area contributed by atoms with Gasteiger partial charge in [-0.1, -0.05) is 0 Å². The summed E-state index contributed by atoms with van der Waals surface area (Å²) in [6, 6.07) is 0.226. The summed E-state index contributed by atoms with van der Waals surface area (Å²) in [6.07, 6.45) is 7.93. The molecular formula is C13H24N4O. The lowest BCUT2D eigenvalue weighted by Crippen LogP contribution is -2.38. The Morgan fingerprint density at radius 3 is 3.00 bits per heavy atom. The standard InChI is InChI=1S/C13H24N4O/c1-16(10-12-5-3-4-6-18-12)13(7-14)11-8-15-17(2)9-11/h8-9,12-13H,3-7,10,14H2,1-2H3. The first-order chi connectivity index (χ1) is 8.70. The molecular weight excluding hydrogens is 228 g/mol. The van der Waals surface area contributed by atoms with Gasteiger partial charge in [-0.2, -0.15) is 5.10 Å². The average Bonchev–Trinajstić information content (AvgIpc) is 2.78. The van der Waals surface area contributed by atoms with Crippen molar-refractivity contribution in [3.63, 3.8) is 0 Å². The first kappa shape index (κ1) is 13.5. The molecule has 5 nitrogen and oxygen atoms in total. The van der Waals surface area contributed by atoms with Crippen molar-refractivity contribution in [2.75, 3.05) is 26.7 Å². The van der Waals surface area contributed by atoms with Crippen LogP contribution in [-0.2, 0) is 11.8 Å². The average molecular weight is 252 g/mol. The number of likely N-dealkylation sites (N-methyl/N-ethyl adjacent to an activating group) is 1. The van der Waals surface area contributed by atoms with E-state index in [1.807, 2.05) is 24.1 Å². The fourth-order valence-corrected chi connectivity index (χ4v) is 2.58. The predicted octanol–water partition coefficient (Wildman–Crippen LogP) is 0.921. The molecule has 0 bridgehead atoms. The van der Waals surface area contributed by atoms with E-state index in [0.717, 1.165) is 19.6 Å². The van der Waals surface area contributed by atoms with Gasteiger partial charge in [0.1, 0.15) is 0 Å². The van der Waals surface area contributed by atoms with Gasteiger partial charge in [0, 0.05) is 44.5 Å². The minimum Gasteiger partial charge on any atom is -0.377 e. The molecule has 2 heterocycles. The fourth-order valence-electron chi connectivity index (χ4n) is 2.58. The molecule has 0 radical (unpaired) electrons. The van der Waals surface area contributed by atoms with Crippen molar-refractivity contribution in [3.8, 4) is 0 Å². The highest BCUT2D eigenvalue weighted by Gasteiger charge is 2.22. The molecule has 1 saturated heterocycles. The second-order valence-electron chi connectivity index (χ2n) is 5.13. The Bertz CT molecular complexity index is 360. The molecule has 0 aromatic carbocycles. The quantitative estimate of drug-likeness (QED) is 0.846. The maximum Gasteiger partial charge on any atom is 0.0702 e. The minimum absolute atomic E-state index is 0.226. The molecule has 2 rings (SSSR count). The van der Waals surface area contributed by atoms with Crippen LogP contribution < -0.4 is 5.73 Å². The minimum atomic E-state index is 0.226. The van der Waals surface area contributed by atoms with Crippen LogP contribution >= 0.6 is 0 Å². The molecule has 2 unspecified atom stereocenters. The number of nitrogens with two attached hydrogens (primary N) is 1. The Morgan fingerprint density at radius 1 is 1.61 bits per heavy atom. The van der Waals surface area contributed by atoms with Gasteiger partial charge in [0.2, 0.25) is 0 Å². The Morgan fingerprint density at radius 2 is 2.44 bits per heavy atom. The van der Waals surface area contributed by atoms with Gasteiger partial charge in [-0.15, -0.1) is 0 Å². The summed E-state index contributed by atoms with van der Waals surface area (Å²) in [5.41, 5.74) is 7.08. The highest BCUT2D eigenvalue weighted by atomic mass is 16.5. The topological polar surface area (TPSA) is 56.3 Å². The number of nitrogens with zero attached hydrogens (tertiary/aromatic N) is 3. The van der Waals surface area contributed by atoms with E-state index in [2.05, 4.69) is 17.0 Å². The predicted molar refractivity (Wildman–Crippen MR) is 71.2 cm³/mol. The van der Waals surface area contributed by atoms with E-state index in [9.17, 15) is 0 Å². The maximum atomic E-state index is 5.90. The lowest BCUT2D eigenvalue weighted by molar-refractivity contribution is -0.00778. The highest BCUT2D eigenvalue weighted by molar-refractivity contribution is 5.11. The van der Waals surface area contributed by atoms with Crippen LogP contribution in [0.15, 0.2) is 12.4 Å². The van der Waals surface area contributed by atoms with E-state index < -0.39 is 0 Å². The number of ether oxygens (including phenoxy) is 1. The van der Waals surface area contributed by atoms with Gasteiger partial charge in [-0.05, 0) is 26.3 Å². The van der Waals surface area contributed by atoms with Gasteiger partial charge >= 0.3 is 0 Å². The smallest absolute Gasteiger partial charge is 0.0702 e. The van der Waals surface area contributed by atoms with Gasteiger partial charge in [-0.3, -0.25) is 9.58 Å². The number of rotatable bonds is 5. The highest BCUT2D eigenvalue weighted by Crippen LogP contribution is 2.20. The number of aromatic nitrogens is 2. The number of hydrogen-bond acceptors (Lipinski definition) is 4. The number of aryl methyl sites for hydroxylation is 1. The van der Waals surface area contributed by atoms with Crippen molar-refractivity contribution in [3.05, 3.63) is 18.0 Å². The third-order valence-corrected chi connectivity index (χ3v) is 3.63. The monoisotopic (exact) mass is 252 g/mol. The van der Waals surface area contributed by atoms with Crippen LogP contribution in [0.4, 0.5) is 0 Å². The lowest BCUT2D eigenvalue weighted by atomic mass is 10.1. The van der Waals surface area contributed by atoms with E-state index in [0.29, 0.717) is 12.6 Å². The third-order valence-electron chi connectivity index (χ3n) is 3.63. The molecule has 1 aromatic rings. The lowest BCUT2D eigenvalue weighted by Gasteiger charge is -2.31. The van der Waals surface area contributed by atoms with Gasteiger partial charge < -0.3 is 10.5 Å². The molecule has 1 fully saturated rings. The summed E-state index contributed by atoms with van der Waals surface area (Å²) in [7, 11) is 4.05. The maximum absolute atomic E-state index is 5.90. The van der Waals surface area contributed by atoms with Crippen molar-refractivity contribution >= 4 is 0 Å². The zero-order valence-corrected chi connectivity index (χ0v) is 11.4. The second-order valence-corrected chi connectivity index (χ2v) is 5.13. The van der Waals surface area contributed by atoms with E-state index in [1.165, 1.54) is 18.4 Å². The molecule has 5 heteroatoms. The molecule has 0 amide bonds. The molecule has 2 N–H and O–H groups in total. The molecule has 2 atom stereocenters. The molecule has 0 saturated carbocycles. The van der Waals surface area contributed by atoms with Gasteiger partial charge in [0.25, 0.3) is 0 Å². The second kappa shape index (κ2) is 6.31. The fraction of sp³-hybridized carbons (Fsp3) is 0.769. The van der Waals surface area contributed by atoms with Crippen LogP contribution in [0.5, 0.6) is 0 Å². The van der Waals surface area contributed by atoms with Crippen molar-refractivity contribution in [1.29, 1.82) is 0 Å². The van der Waals surface area contributed by atoms with Crippen LogP contribution in [0.25, 0.3) is 0 Å². The normalized spacial score (nSPS) is 22.3. The van der Waals surface area contributed by atoms with Crippen LogP contribution in [0, 0.1) is 0 Å². The van der Waals surface area contributed by atoms with Crippen molar-refractivity contribution in [2.24, 2.45) is 12.8 Å². The van der Waals surface area contributed by atoms with Crippen molar-refractivity contribution < 1.29 is 4.74 Å². The Balaban J connectivity index is 1.94. The first-order valence-corrected chi connectivity index (χ1v) is 6.71.